The minimum absolute atomic E-state index is 0.179. The highest BCUT2D eigenvalue weighted by molar-refractivity contribution is 5.76. The molecule has 1 N–H and O–H groups in total. The van der Waals surface area contributed by atoms with Crippen molar-refractivity contribution < 1.29 is 14.6 Å². The summed E-state index contributed by atoms with van der Waals surface area (Å²) < 4.78 is 4.88. The number of rotatable bonds is 6. The summed E-state index contributed by atoms with van der Waals surface area (Å²) in [6.07, 6.45) is 4.53. The largest absolute Gasteiger partial charge is 0.389 e. The van der Waals surface area contributed by atoms with Crippen molar-refractivity contribution in [1.82, 2.24) is 4.90 Å². The lowest BCUT2D eigenvalue weighted by molar-refractivity contribution is -0.132. The highest BCUT2D eigenvalue weighted by Gasteiger charge is 2.23. The Hall–Kier alpha value is -0.610. The van der Waals surface area contributed by atoms with E-state index in [0.29, 0.717) is 25.5 Å². The van der Waals surface area contributed by atoms with Crippen LogP contribution >= 0.6 is 0 Å². The van der Waals surface area contributed by atoms with Crippen LogP contribution in [0.1, 0.15) is 39.0 Å². The summed E-state index contributed by atoms with van der Waals surface area (Å²) >= 11 is 0. The van der Waals surface area contributed by atoms with E-state index >= 15 is 0 Å². The molecule has 1 saturated heterocycles. The number of hydrogen-bond acceptors (Lipinski definition) is 3. The molecule has 0 aliphatic carbocycles. The van der Waals surface area contributed by atoms with E-state index in [1.54, 1.807) is 12.0 Å². The van der Waals surface area contributed by atoms with Gasteiger partial charge in [0.2, 0.25) is 5.91 Å². The Morgan fingerprint density at radius 2 is 2.29 bits per heavy atom. The lowest BCUT2D eigenvalue weighted by Crippen LogP contribution is -2.38. The van der Waals surface area contributed by atoms with Crippen LogP contribution in [0.5, 0.6) is 0 Å². The molecule has 0 bridgehead atoms. The van der Waals surface area contributed by atoms with Gasteiger partial charge in [-0.25, -0.2) is 0 Å². The summed E-state index contributed by atoms with van der Waals surface area (Å²) in [6.45, 7) is 3.67. The predicted octanol–water partition coefficient (Wildman–Crippen LogP) is 1.42. The summed E-state index contributed by atoms with van der Waals surface area (Å²) in [7, 11) is 1.56. The monoisotopic (exact) mass is 243 g/mol. The third-order valence-electron chi connectivity index (χ3n) is 3.41. The second-order valence-corrected chi connectivity index (χ2v) is 4.93. The molecule has 1 aliphatic heterocycles. The molecule has 0 saturated carbocycles. The Balaban J connectivity index is 2.41. The fourth-order valence-corrected chi connectivity index (χ4v) is 2.48. The molecule has 2 unspecified atom stereocenters. The van der Waals surface area contributed by atoms with Crippen LogP contribution in [0, 0.1) is 5.92 Å². The number of carbonyl (C=O) groups excluding carboxylic acids is 1. The van der Waals surface area contributed by atoms with Gasteiger partial charge in [-0.05, 0) is 18.8 Å². The normalized spacial score (nSPS) is 23.6. The molecule has 0 aromatic rings. The van der Waals surface area contributed by atoms with Gasteiger partial charge < -0.3 is 14.7 Å². The first kappa shape index (κ1) is 14.5. The molecule has 1 fully saturated rings. The third-order valence-corrected chi connectivity index (χ3v) is 3.41. The molecule has 4 heteroatoms. The zero-order valence-electron chi connectivity index (χ0n) is 11.0. The van der Waals surface area contributed by atoms with Crippen molar-refractivity contribution in [1.29, 1.82) is 0 Å². The van der Waals surface area contributed by atoms with Crippen molar-refractivity contribution in [3.8, 4) is 0 Å². The molecular formula is C13H25NO3. The van der Waals surface area contributed by atoms with Gasteiger partial charge >= 0.3 is 0 Å². The van der Waals surface area contributed by atoms with Crippen LogP contribution in [-0.2, 0) is 9.53 Å². The zero-order valence-corrected chi connectivity index (χ0v) is 11.0. The van der Waals surface area contributed by atoms with Gasteiger partial charge in [0, 0.05) is 26.6 Å². The first-order valence-electron chi connectivity index (χ1n) is 6.62. The number of ether oxygens (including phenoxy) is 1. The predicted molar refractivity (Wildman–Crippen MR) is 66.7 cm³/mol. The SMILES string of the molecule is CCCC1CCC(=O)N(CC(O)COC)CC1. The van der Waals surface area contributed by atoms with Gasteiger partial charge in [0.05, 0.1) is 12.7 Å². The van der Waals surface area contributed by atoms with Gasteiger partial charge in [-0.3, -0.25) is 4.79 Å². The van der Waals surface area contributed by atoms with Crippen LogP contribution in [0.25, 0.3) is 0 Å². The van der Waals surface area contributed by atoms with Crippen LogP contribution in [0.15, 0.2) is 0 Å². The highest BCUT2D eigenvalue weighted by Crippen LogP contribution is 2.22. The molecule has 17 heavy (non-hydrogen) atoms. The Kier molecular flexibility index (Phi) is 6.52. The number of hydrogen-bond donors (Lipinski definition) is 1. The first-order chi connectivity index (χ1) is 8.17. The molecule has 100 valence electrons. The maximum atomic E-state index is 11.9. The molecule has 1 aliphatic rings. The number of likely N-dealkylation sites (tertiary alicyclic amines) is 1. The molecule has 0 aromatic heterocycles. The maximum absolute atomic E-state index is 11.9. The second kappa shape index (κ2) is 7.67. The van der Waals surface area contributed by atoms with Gasteiger partial charge in [-0.1, -0.05) is 19.8 Å². The topological polar surface area (TPSA) is 49.8 Å². The summed E-state index contributed by atoms with van der Waals surface area (Å²) in [6, 6.07) is 0. The molecule has 2 atom stereocenters. The maximum Gasteiger partial charge on any atom is 0.222 e. The number of methoxy groups -OCH3 is 1. The summed E-state index contributed by atoms with van der Waals surface area (Å²) in [5.41, 5.74) is 0. The Bertz CT molecular complexity index is 233. The quantitative estimate of drug-likeness (QED) is 0.767. The van der Waals surface area contributed by atoms with E-state index in [0.717, 1.165) is 19.4 Å². The lowest BCUT2D eigenvalue weighted by Gasteiger charge is -2.23. The van der Waals surface area contributed by atoms with Crippen LogP contribution in [0.4, 0.5) is 0 Å². The smallest absolute Gasteiger partial charge is 0.222 e. The van der Waals surface area contributed by atoms with E-state index in [9.17, 15) is 9.90 Å². The molecule has 0 radical (unpaired) electrons. The number of β-amino-alcohol motifs (C(OH)–C–C–N with tert-alkyl or cyclic N) is 1. The highest BCUT2D eigenvalue weighted by atomic mass is 16.5. The Labute approximate surface area is 104 Å². The molecule has 4 nitrogen and oxygen atoms in total. The summed E-state index contributed by atoms with van der Waals surface area (Å²) in [5, 5.41) is 9.66. The van der Waals surface area contributed by atoms with Crippen molar-refractivity contribution in [2.24, 2.45) is 5.92 Å². The van der Waals surface area contributed by atoms with E-state index in [1.165, 1.54) is 12.8 Å². The van der Waals surface area contributed by atoms with Crippen LogP contribution in [-0.4, -0.2) is 48.8 Å². The van der Waals surface area contributed by atoms with Crippen LogP contribution < -0.4 is 0 Å². The number of nitrogens with zero attached hydrogens (tertiary/aromatic N) is 1. The number of aliphatic hydroxyl groups is 1. The van der Waals surface area contributed by atoms with Crippen molar-refractivity contribution in [3.05, 3.63) is 0 Å². The average Bonchev–Trinajstić information content (AvgIpc) is 2.45. The second-order valence-electron chi connectivity index (χ2n) is 4.93. The van der Waals surface area contributed by atoms with E-state index in [4.69, 9.17) is 4.74 Å². The minimum Gasteiger partial charge on any atom is -0.389 e. The van der Waals surface area contributed by atoms with Crippen LogP contribution in [0.3, 0.4) is 0 Å². The summed E-state index contributed by atoms with van der Waals surface area (Å²) in [5.74, 6) is 0.854. The van der Waals surface area contributed by atoms with Crippen molar-refractivity contribution >= 4 is 5.91 Å². The number of carbonyl (C=O) groups is 1. The molecule has 1 heterocycles. The molecule has 1 amide bonds. The van der Waals surface area contributed by atoms with E-state index in [1.807, 2.05) is 0 Å². The van der Waals surface area contributed by atoms with E-state index in [2.05, 4.69) is 6.92 Å². The third kappa shape index (κ3) is 5.04. The van der Waals surface area contributed by atoms with Crippen molar-refractivity contribution in [2.45, 2.75) is 45.1 Å². The molecule has 0 aromatic carbocycles. The fourth-order valence-electron chi connectivity index (χ4n) is 2.48. The van der Waals surface area contributed by atoms with E-state index < -0.39 is 6.10 Å². The van der Waals surface area contributed by atoms with E-state index in [-0.39, 0.29) is 5.91 Å². The lowest BCUT2D eigenvalue weighted by atomic mass is 9.96. The van der Waals surface area contributed by atoms with Crippen molar-refractivity contribution in [3.63, 3.8) is 0 Å². The molecule has 1 rings (SSSR count). The van der Waals surface area contributed by atoms with Gasteiger partial charge in [-0.15, -0.1) is 0 Å². The number of amides is 1. The average molecular weight is 243 g/mol. The number of aliphatic hydroxyl groups excluding tert-OH is 1. The van der Waals surface area contributed by atoms with Gasteiger partial charge in [0.1, 0.15) is 0 Å². The molecular weight excluding hydrogens is 218 g/mol. The Morgan fingerprint density at radius 3 is 2.94 bits per heavy atom. The van der Waals surface area contributed by atoms with Gasteiger partial charge in [0.25, 0.3) is 0 Å². The standard InChI is InChI=1S/C13H25NO3/c1-3-4-11-5-6-13(16)14(8-7-11)9-12(15)10-17-2/h11-12,15H,3-10H2,1-2H3. The fraction of sp³-hybridized carbons (Fsp3) is 0.923. The first-order valence-corrected chi connectivity index (χ1v) is 6.62. The van der Waals surface area contributed by atoms with Gasteiger partial charge in [0.15, 0.2) is 0 Å². The Morgan fingerprint density at radius 1 is 1.53 bits per heavy atom. The zero-order chi connectivity index (χ0) is 12.7. The van der Waals surface area contributed by atoms with Crippen LogP contribution in [0.2, 0.25) is 0 Å². The summed E-state index contributed by atoms with van der Waals surface area (Å²) in [4.78, 5) is 13.7. The van der Waals surface area contributed by atoms with Gasteiger partial charge in [-0.2, -0.15) is 0 Å². The molecule has 0 spiro atoms. The minimum atomic E-state index is -0.563. The van der Waals surface area contributed by atoms with Crippen molar-refractivity contribution in [2.75, 3.05) is 26.8 Å².